The zero-order chi connectivity index (χ0) is 26.4. The Morgan fingerprint density at radius 1 is 1.05 bits per heavy atom. The minimum absolute atomic E-state index is 0.124. The first kappa shape index (κ1) is 27.2. The van der Waals surface area contributed by atoms with Gasteiger partial charge in [0, 0.05) is 37.6 Å². The van der Waals surface area contributed by atoms with E-state index >= 15 is 0 Å². The van der Waals surface area contributed by atoms with E-state index in [4.69, 9.17) is 11.6 Å². The highest BCUT2D eigenvalue weighted by Crippen LogP contribution is 2.27. The van der Waals surface area contributed by atoms with E-state index in [1.165, 1.54) is 0 Å². The maximum atomic E-state index is 13.6. The standard InChI is InChI=1S/C26H34ClN5O4S/c1-37(35,36)30-21-6-2-3-8-24(21)31-14-16-32(17-15-31)26(34)23(18-19-9-11-20(27)12-10-19)29-25(33)22-7-4-5-13-28-22/h2-3,6,8-12,22-23,28,30H,4-5,7,13-18H2,1H3,(H,29,33)/t22?,23-/m1/s1. The first-order chi connectivity index (χ1) is 17.7. The molecular formula is C26H34ClN5O4S. The number of para-hydroxylation sites is 2. The lowest BCUT2D eigenvalue weighted by Crippen LogP contribution is -2.58. The van der Waals surface area contributed by atoms with Crippen LogP contribution in [0.15, 0.2) is 48.5 Å². The van der Waals surface area contributed by atoms with Crippen LogP contribution in [0, 0.1) is 0 Å². The Morgan fingerprint density at radius 3 is 2.41 bits per heavy atom. The largest absolute Gasteiger partial charge is 0.366 e. The lowest BCUT2D eigenvalue weighted by molar-refractivity contribution is -0.137. The third-order valence-electron chi connectivity index (χ3n) is 6.73. The second-order valence-electron chi connectivity index (χ2n) is 9.60. The number of amides is 2. The maximum Gasteiger partial charge on any atom is 0.245 e. The lowest BCUT2D eigenvalue weighted by atomic mass is 10.0. The molecule has 3 N–H and O–H groups in total. The number of hydrogen-bond acceptors (Lipinski definition) is 6. The van der Waals surface area contributed by atoms with Gasteiger partial charge in [-0.25, -0.2) is 8.42 Å². The van der Waals surface area contributed by atoms with Gasteiger partial charge in [-0.05, 0) is 49.2 Å². The molecule has 0 aromatic heterocycles. The number of anilines is 2. The maximum absolute atomic E-state index is 13.6. The van der Waals surface area contributed by atoms with Crippen LogP contribution in [0.4, 0.5) is 11.4 Å². The molecule has 0 radical (unpaired) electrons. The Morgan fingerprint density at radius 2 is 1.76 bits per heavy atom. The quantitative estimate of drug-likeness (QED) is 0.467. The van der Waals surface area contributed by atoms with Crippen LogP contribution in [0.25, 0.3) is 0 Å². The van der Waals surface area contributed by atoms with Crippen molar-refractivity contribution in [1.82, 2.24) is 15.5 Å². The number of sulfonamides is 1. The van der Waals surface area contributed by atoms with Crippen LogP contribution in [-0.4, -0.2) is 76.2 Å². The summed E-state index contributed by atoms with van der Waals surface area (Å²) in [6.07, 6.45) is 4.28. The molecule has 0 spiro atoms. The van der Waals surface area contributed by atoms with Crippen LogP contribution in [0.5, 0.6) is 0 Å². The van der Waals surface area contributed by atoms with Crippen LogP contribution < -0.4 is 20.3 Å². The topological polar surface area (TPSA) is 111 Å². The average molecular weight is 548 g/mol. The molecule has 2 aromatic rings. The molecule has 2 heterocycles. The third-order valence-corrected chi connectivity index (χ3v) is 7.57. The Balaban J connectivity index is 1.45. The first-order valence-corrected chi connectivity index (χ1v) is 14.9. The number of piperidine rings is 1. The molecule has 9 nitrogen and oxygen atoms in total. The molecule has 2 fully saturated rings. The Bertz CT molecular complexity index is 1190. The minimum atomic E-state index is -3.42. The lowest BCUT2D eigenvalue weighted by Gasteiger charge is -2.38. The fraction of sp³-hybridized carbons (Fsp3) is 0.462. The second-order valence-corrected chi connectivity index (χ2v) is 11.8. The number of nitrogens with zero attached hydrogens (tertiary/aromatic N) is 2. The zero-order valence-corrected chi connectivity index (χ0v) is 22.5. The van der Waals surface area contributed by atoms with Crippen molar-refractivity contribution in [2.24, 2.45) is 0 Å². The minimum Gasteiger partial charge on any atom is -0.366 e. The number of halogens is 1. The SMILES string of the molecule is CS(=O)(=O)Nc1ccccc1N1CCN(C(=O)[C@@H](Cc2ccc(Cl)cc2)NC(=O)C2CCCCN2)CC1. The van der Waals surface area contributed by atoms with Gasteiger partial charge in [0.15, 0.2) is 0 Å². The summed E-state index contributed by atoms with van der Waals surface area (Å²) < 4.78 is 26.2. The summed E-state index contributed by atoms with van der Waals surface area (Å²) in [5.41, 5.74) is 2.20. The molecule has 2 atom stereocenters. The Hall–Kier alpha value is -2.82. The van der Waals surface area contributed by atoms with Crippen LogP contribution >= 0.6 is 11.6 Å². The van der Waals surface area contributed by atoms with E-state index in [1.54, 1.807) is 29.2 Å². The van der Waals surface area contributed by atoms with Gasteiger partial charge in [-0.2, -0.15) is 0 Å². The average Bonchev–Trinajstić information content (AvgIpc) is 2.89. The number of rotatable bonds is 8. The molecule has 2 saturated heterocycles. The number of benzene rings is 2. The van der Waals surface area contributed by atoms with E-state index in [-0.39, 0.29) is 17.9 Å². The van der Waals surface area contributed by atoms with Gasteiger partial charge in [-0.15, -0.1) is 0 Å². The molecule has 2 aliphatic heterocycles. The molecule has 37 heavy (non-hydrogen) atoms. The van der Waals surface area contributed by atoms with Gasteiger partial charge in [0.05, 0.1) is 23.7 Å². The molecule has 0 saturated carbocycles. The van der Waals surface area contributed by atoms with E-state index < -0.39 is 16.1 Å². The predicted molar refractivity (Wildman–Crippen MR) is 146 cm³/mol. The van der Waals surface area contributed by atoms with Gasteiger partial charge in [0.25, 0.3) is 0 Å². The van der Waals surface area contributed by atoms with E-state index in [9.17, 15) is 18.0 Å². The van der Waals surface area contributed by atoms with Crippen molar-refractivity contribution in [3.63, 3.8) is 0 Å². The van der Waals surface area contributed by atoms with Crippen molar-refractivity contribution in [1.29, 1.82) is 0 Å². The molecular weight excluding hydrogens is 514 g/mol. The monoisotopic (exact) mass is 547 g/mol. The van der Waals surface area contributed by atoms with E-state index in [0.717, 1.165) is 43.3 Å². The van der Waals surface area contributed by atoms with Gasteiger partial charge in [0.1, 0.15) is 6.04 Å². The zero-order valence-electron chi connectivity index (χ0n) is 21.0. The summed E-state index contributed by atoms with van der Waals surface area (Å²) in [6.45, 7) is 2.80. The summed E-state index contributed by atoms with van der Waals surface area (Å²) in [5.74, 6) is -0.271. The number of nitrogens with one attached hydrogen (secondary N) is 3. The normalized spacial score (nSPS) is 19.2. The fourth-order valence-corrected chi connectivity index (χ4v) is 5.53. The molecule has 0 bridgehead atoms. The first-order valence-electron chi connectivity index (χ1n) is 12.6. The van der Waals surface area contributed by atoms with Gasteiger partial charge in [0.2, 0.25) is 21.8 Å². The van der Waals surface area contributed by atoms with Crippen molar-refractivity contribution in [3.05, 3.63) is 59.1 Å². The molecule has 11 heteroatoms. The van der Waals surface area contributed by atoms with Gasteiger partial charge in [-0.3, -0.25) is 14.3 Å². The highest BCUT2D eigenvalue weighted by atomic mass is 35.5. The van der Waals surface area contributed by atoms with E-state index in [2.05, 4.69) is 20.3 Å². The van der Waals surface area contributed by atoms with Crippen molar-refractivity contribution < 1.29 is 18.0 Å². The summed E-state index contributed by atoms with van der Waals surface area (Å²) in [4.78, 5) is 30.5. The van der Waals surface area contributed by atoms with E-state index in [0.29, 0.717) is 43.3 Å². The van der Waals surface area contributed by atoms with Crippen LogP contribution in [0.3, 0.4) is 0 Å². The van der Waals surface area contributed by atoms with E-state index in [1.807, 2.05) is 24.3 Å². The Labute approximate surface area is 223 Å². The second kappa shape index (κ2) is 12.1. The highest BCUT2D eigenvalue weighted by Gasteiger charge is 2.31. The Kier molecular flexibility index (Phi) is 8.94. The van der Waals surface area contributed by atoms with Crippen molar-refractivity contribution in [2.75, 3.05) is 48.6 Å². The third kappa shape index (κ3) is 7.59. The van der Waals surface area contributed by atoms with Crippen molar-refractivity contribution >= 4 is 44.8 Å². The number of piperazine rings is 1. The molecule has 2 aromatic carbocycles. The summed E-state index contributed by atoms with van der Waals surface area (Å²) in [7, 11) is -3.42. The smallest absolute Gasteiger partial charge is 0.245 e. The highest BCUT2D eigenvalue weighted by molar-refractivity contribution is 7.92. The molecule has 200 valence electrons. The van der Waals surface area contributed by atoms with Crippen molar-refractivity contribution in [3.8, 4) is 0 Å². The number of hydrogen-bond donors (Lipinski definition) is 3. The van der Waals surface area contributed by atoms with Gasteiger partial charge < -0.3 is 20.4 Å². The number of carbonyl (C=O) groups is 2. The summed E-state index contributed by atoms with van der Waals surface area (Å²) >= 11 is 6.03. The van der Waals surface area contributed by atoms with Crippen molar-refractivity contribution in [2.45, 2.75) is 37.8 Å². The molecule has 2 aliphatic rings. The molecule has 2 amide bonds. The van der Waals surface area contributed by atoms with Crippen LogP contribution in [0.1, 0.15) is 24.8 Å². The van der Waals surface area contributed by atoms with Crippen LogP contribution in [0.2, 0.25) is 5.02 Å². The molecule has 1 unspecified atom stereocenters. The number of carbonyl (C=O) groups excluding carboxylic acids is 2. The van der Waals surface area contributed by atoms with Gasteiger partial charge >= 0.3 is 0 Å². The molecule has 0 aliphatic carbocycles. The van der Waals surface area contributed by atoms with Gasteiger partial charge in [-0.1, -0.05) is 42.3 Å². The fourth-order valence-electron chi connectivity index (χ4n) is 4.83. The van der Waals surface area contributed by atoms with Crippen LogP contribution in [-0.2, 0) is 26.0 Å². The predicted octanol–water partition coefficient (Wildman–Crippen LogP) is 2.23. The summed E-state index contributed by atoms with van der Waals surface area (Å²) in [6, 6.07) is 13.6. The molecule has 4 rings (SSSR count). The summed E-state index contributed by atoms with van der Waals surface area (Å²) in [5, 5.41) is 6.87.